The molecule has 0 bridgehead atoms. The number of hydrogen-bond donors (Lipinski definition) is 0. The standard InChI is InChI=1S/C6H15N.C6H14/c1-4-7(5-2)6-3;1-3-5-6-4-2/h4-6H2,1-3H3;3-6H2,1-2H3. The van der Waals surface area contributed by atoms with Gasteiger partial charge in [-0.3, -0.25) is 0 Å². The lowest BCUT2D eigenvalue weighted by molar-refractivity contribution is 0.321. The van der Waals surface area contributed by atoms with Crippen LogP contribution in [0.25, 0.3) is 0 Å². The Morgan fingerprint density at radius 3 is 1.00 bits per heavy atom. The van der Waals surface area contributed by atoms with Crippen LogP contribution in [0.2, 0.25) is 0 Å². The van der Waals surface area contributed by atoms with E-state index in [0.717, 1.165) is 0 Å². The van der Waals surface area contributed by atoms with Gasteiger partial charge >= 0.3 is 0 Å². The SMILES string of the molecule is CCCCCC.CCN(CC)CC. The molecule has 82 valence electrons. The summed E-state index contributed by atoms with van der Waals surface area (Å²) in [5.41, 5.74) is 0. The molecule has 0 saturated heterocycles. The summed E-state index contributed by atoms with van der Waals surface area (Å²) in [5, 5.41) is 0. The van der Waals surface area contributed by atoms with Gasteiger partial charge in [0, 0.05) is 0 Å². The first-order valence-electron chi connectivity index (χ1n) is 5.98. The molecule has 0 radical (unpaired) electrons. The van der Waals surface area contributed by atoms with Crippen LogP contribution >= 0.6 is 0 Å². The fourth-order valence-corrected chi connectivity index (χ4v) is 1.17. The Morgan fingerprint density at radius 2 is 0.923 bits per heavy atom. The molecule has 0 aliphatic carbocycles. The molecule has 0 atom stereocenters. The highest BCUT2D eigenvalue weighted by Gasteiger charge is 1.89. The first-order chi connectivity index (χ1) is 6.26. The van der Waals surface area contributed by atoms with Crippen molar-refractivity contribution >= 4 is 0 Å². The van der Waals surface area contributed by atoms with E-state index in [4.69, 9.17) is 0 Å². The fraction of sp³-hybridized carbons (Fsp3) is 1.00. The zero-order valence-electron chi connectivity index (χ0n) is 10.4. The maximum absolute atomic E-state index is 2.38. The van der Waals surface area contributed by atoms with Gasteiger partial charge in [-0.05, 0) is 19.6 Å². The molecule has 0 unspecified atom stereocenters. The van der Waals surface area contributed by atoms with E-state index in [9.17, 15) is 0 Å². The normalized spacial score (nSPS) is 9.69. The molecule has 0 aliphatic rings. The predicted octanol–water partition coefficient (Wildman–Crippen LogP) is 3.93. The van der Waals surface area contributed by atoms with Crippen molar-refractivity contribution in [1.82, 2.24) is 4.90 Å². The van der Waals surface area contributed by atoms with Gasteiger partial charge in [-0.2, -0.15) is 0 Å². The third-order valence-electron chi connectivity index (χ3n) is 2.30. The molecular weight excluding hydrogens is 158 g/mol. The van der Waals surface area contributed by atoms with E-state index in [1.54, 1.807) is 0 Å². The van der Waals surface area contributed by atoms with Crippen molar-refractivity contribution in [3.05, 3.63) is 0 Å². The minimum atomic E-state index is 1.19. The summed E-state index contributed by atoms with van der Waals surface area (Å²) in [6.07, 6.45) is 5.54. The van der Waals surface area contributed by atoms with Gasteiger partial charge in [0.2, 0.25) is 0 Å². The van der Waals surface area contributed by atoms with Crippen molar-refractivity contribution in [1.29, 1.82) is 0 Å². The van der Waals surface area contributed by atoms with Gasteiger partial charge in [-0.25, -0.2) is 0 Å². The van der Waals surface area contributed by atoms with Crippen LogP contribution in [0.1, 0.15) is 60.3 Å². The average molecular weight is 187 g/mol. The van der Waals surface area contributed by atoms with Gasteiger partial charge in [0.15, 0.2) is 0 Å². The molecule has 0 N–H and O–H groups in total. The summed E-state index contributed by atoms with van der Waals surface area (Å²) in [6.45, 7) is 14.6. The molecule has 0 fully saturated rings. The van der Waals surface area contributed by atoms with Crippen LogP contribution in [0.4, 0.5) is 0 Å². The second-order valence-electron chi connectivity index (χ2n) is 3.33. The highest BCUT2D eigenvalue weighted by atomic mass is 15.1. The van der Waals surface area contributed by atoms with Crippen molar-refractivity contribution in [2.45, 2.75) is 60.3 Å². The summed E-state index contributed by atoms with van der Waals surface area (Å²) >= 11 is 0. The van der Waals surface area contributed by atoms with E-state index >= 15 is 0 Å². The van der Waals surface area contributed by atoms with E-state index in [2.05, 4.69) is 39.5 Å². The Kier molecular flexibility index (Phi) is 17.2. The van der Waals surface area contributed by atoms with Crippen molar-refractivity contribution < 1.29 is 0 Å². The van der Waals surface area contributed by atoms with Gasteiger partial charge in [-0.1, -0.05) is 60.3 Å². The first-order valence-corrected chi connectivity index (χ1v) is 5.98. The quantitative estimate of drug-likeness (QED) is 0.569. The van der Waals surface area contributed by atoms with Crippen LogP contribution in [0.15, 0.2) is 0 Å². The van der Waals surface area contributed by atoms with Gasteiger partial charge in [0.25, 0.3) is 0 Å². The fourth-order valence-electron chi connectivity index (χ4n) is 1.17. The molecule has 1 nitrogen and oxygen atoms in total. The lowest BCUT2D eigenvalue weighted by Gasteiger charge is -2.13. The van der Waals surface area contributed by atoms with E-state index in [1.807, 2.05) is 0 Å². The Hall–Kier alpha value is -0.0400. The highest BCUT2D eigenvalue weighted by molar-refractivity contribution is 4.43. The number of nitrogens with zero attached hydrogens (tertiary/aromatic N) is 1. The van der Waals surface area contributed by atoms with Crippen LogP contribution in [0.5, 0.6) is 0 Å². The largest absolute Gasteiger partial charge is 0.304 e. The minimum Gasteiger partial charge on any atom is -0.304 e. The number of rotatable bonds is 6. The van der Waals surface area contributed by atoms with Gasteiger partial charge in [0.1, 0.15) is 0 Å². The van der Waals surface area contributed by atoms with Gasteiger partial charge in [0.05, 0.1) is 0 Å². The van der Waals surface area contributed by atoms with Crippen molar-refractivity contribution in [2.24, 2.45) is 0 Å². The summed E-state index contributed by atoms with van der Waals surface area (Å²) in [5.74, 6) is 0. The van der Waals surface area contributed by atoms with Crippen LogP contribution in [0.3, 0.4) is 0 Å². The Bertz CT molecular complexity index is 58.0. The average Bonchev–Trinajstić information content (AvgIpc) is 2.18. The number of hydrogen-bond acceptors (Lipinski definition) is 1. The minimum absolute atomic E-state index is 1.19. The third kappa shape index (κ3) is 14.8. The summed E-state index contributed by atoms with van der Waals surface area (Å²) < 4.78 is 0. The topological polar surface area (TPSA) is 3.24 Å². The van der Waals surface area contributed by atoms with Crippen LogP contribution < -0.4 is 0 Å². The van der Waals surface area contributed by atoms with Gasteiger partial charge in [-0.15, -0.1) is 0 Å². The third-order valence-corrected chi connectivity index (χ3v) is 2.30. The first kappa shape index (κ1) is 15.4. The lowest BCUT2D eigenvalue weighted by atomic mass is 10.2. The molecule has 1 heteroatoms. The molecule has 0 spiro atoms. The molecule has 0 aromatic heterocycles. The summed E-state index contributed by atoms with van der Waals surface area (Å²) in [6, 6.07) is 0. The van der Waals surface area contributed by atoms with E-state index in [0.29, 0.717) is 0 Å². The smallest absolute Gasteiger partial charge is 0.00474 e. The monoisotopic (exact) mass is 187 g/mol. The van der Waals surface area contributed by atoms with Crippen molar-refractivity contribution in [3.8, 4) is 0 Å². The van der Waals surface area contributed by atoms with E-state index < -0.39 is 0 Å². The van der Waals surface area contributed by atoms with E-state index in [-0.39, 0.29) is 0 Å². The Labute approximate surface area is 85.5 Å². The second kappa shape index (κ2) is 14.5. The summed E-state index contributed by atoms with van der Waals surface area (Å²) in [7, 11) is 0. The molecule has 13 heavy (non-hydrogen) atoms. The van der Waals surface area contributed by atoms with Gasteiger partial charge < -0.3 is 4.90 Å². The molecule has 0 aromatic carbocycles. The molecule has 0 saturated carbocycles. The Morgan fingerprint density at radius 1 is 0.615 bits per heavy atom. The van der Waals surface area contributed by atoms with Crippen molar-refractivity contribution in [2.75, 3.05) is 19.6 Å². The van der Waals surface area contributed by atoms with Crippen LogP contribution in [-0.4, -0.2) is 24.5 Å². The maximum atomic E-state index is 2.38. The molecule has 0 aliphatic heterocycles. The van der Waals surface area contributed by atoms with E-state index in [1.165, 1.54) is 45.3 Å². The maximum Gasteiger partial charge on any atom is -0.00474 e. The summed E-state index contributed by atoms with van der Waals surface area (Å²) in [4.78, 5) is 2.38. The Balaban J connectivity index is 0. The van der Waals surface area contributed by atoms with Crippen LogP contribution in [-0.2, 0) is 0 Å². The molecular formula is C12H29N. The second-order valence-corrected chi connectivity index (χ2v) is 3.33. The zero-order chi connectivity index (χ0) is 10.5. The zero-order valence-corrected chi connectivity index (χ0v) is 10.4. The molecule has 0 amide bonds. The lowest BCUT2D eigenvalue weighted by Crippen LogP contribution is -2.21. The molecule has 0 heterocycles. The predicted molar refractivity (Wildman–Crippen MR) is 63.3 cm³/mol. The molecule has 0 aromatic rings. The number of unbranched alkanes of at least 4 members (excludes halogenated alkanes) is 3. The molecule has 0 rings (SSSR count). The van der Waals surface area contributed by atoms with Crippen LogP contribution in [0, 0.1) is 0 Å². The highest BCUT2D eigenvalue weighted by Crippen LogP contribution is 1.95. The van der Waals surface area contributed by atoms with Crippen molar-refractivity contribution in [3.63, 3.8) is 0 Å².